The fourth-order valence-electron chi connectivity index (χ4n) is 1.92. The number of hydrogen-bond acceptors (Lipinski definition) is 0. The molecule has 1 aromatic rings. The maximum absolute atomic E-state index is 6.46. The van der Waals surface area contributed by atoms with Crippen LogP contribution in [0.4, 0.5) is 0 Å². The van der Waals surface area contributed by atoms with Gasteiger partial charge in [-0.15, -0.1) is 11.6 Å². The van der Waals surface area contributed by atoms with Crippen LogP contribution in [0, 0.1) is 5.41 Å². The van der Waals surface area contributed by atoms with E-state index >= 15 is 0 Å². The number of rotatable bonds is 4. The molecule has 1 aromatic carbocycles. The molecule has 0 aliphatic heterocycles. The first-order valence-electron chi connectivity index (χ1n) is 6.57. The van der Waals surface area contributed by atoms with Crippen molar-refractivity contribution in [2.24, 2.45) is 5.41 Å². The molecule has 96 valence electrons. The lowest BCUT2D eigenvalue weighted by molar-refractivity contribution is 0.372. The van der Waals surface area contributed by atoms with Crippen molar-refractivity contribution >= 4 is 11.6 Å². The fraction of sp³-hybridized carbons (Fsp3) is 0.625. The van der Waals surface area contributed by atoms with Gasteiger partial charge >= 0.3 is 0 Å². The lowest BCUT2D eigenvalue weighted by Gasteiger charge is -2.22. The average Bonchev–Trinajstić information content (AvgIpc) is 2.26. The molecular weight excluding hydrogens is 228 g/mol. The van der Waals surface area contributed by atoms with Gasteiger partial charge in [-0.25, -0.2) is 0 Å². The molecule has 0 aliphatic rings. The first-order valence-corrected chi connectivity index (χ1v) is 7.01. The Morgan fingerprint density at radius 1 is 1.06 bits per heavy atom. The van der Waals surface area contributed by atoms with E-state index in [2.05, 4.69) is 58.9 Å². The maximum atomic E-state index is 6.46. The van der Waals surface area contributed by atoms with E-state index in [1.807, 2.05) is 0 Å². The quantitative estimate of drug-likeness (QED) is 0.584. The Morgan fingerprint density at radius 3 is 1.94 bits per heavy atom. The molecule has 1 heteroatoms. The number of halogens is 1. The summed E-state index contributed by atoms with van der Waals surface area (Å²) in [6, 6.07) is 8.82. The highest BCUT2D eigenvalue weighted by atomic mass is 35.5. The molecule has 2 atom stereocenters. The van der Waals surface area contributed by atoms with Gasteiger partial charge in [0.05, 0.1) is 5.38 Å². The molecule has 0 bridgehead atoms. The topological polar surface area (TPSA) is 0 Å². The summed E-state index contributed by atoms with van der Waals surface area (Å²) >= 11 is 6.46. The molecule has 0 aliphatic carbocycles. The van der Waals surface area contributed by atoms with Crippen molar-refractivity contribution in [1.29, 1.82) is 0 Å². The van der Waals surface area contributed by atoms with Gasteiger partial charge in [-0.05, 0) is 35.3 Å². The molecule has 17 heavy (non-hydrogen) atoms. The van der Waals surface area contributed by atoms with Crippen LogP contribution in [-0.2, 0) is 0 Å². The smallest absolute Gasteiger partial charge is 0.0590 e. The molecule has 0 saturated carbocycles. The number of hydrogen-bond donors (Lipinski definition) is 0. The summed E-state index contributed by atoms with van der Waals surface area (Å²) in [5.41, 5.74) is 2.94. The van der Waals surface area contributed by atoms with Crippen LogP contribution in [-0.4, -0.2) is 0 Å². The predicted octanol–water partition coefficient (Wildman–Crippen LogP) is 5.92. The van der Waals surface area contributed by atoms with Gasteiger partial charge in [-0.2, -0.15) is 0 Å². The van der Waals surface area contributed by atoms with Crippen molar-refractivity contribution in [2.45, 2.75) is 58.8 Å². The largest absolute Gasteiger partial charge is 0.118 e. The van der Waals surface area contributed by atoms with Crippen molar-refractivity contribution in [3.63, 3.8) is 0 Å². The van der Waals surface area contributed by atoms with Gasteiger partial charge in [0.25, 0.3) is 0 Å². The van der Waals surface area contributed by atoms with E-state index in [0.717, 1.165) is 6.42 Å². The highest BCUT2D eigenvalue weighted by Crippen LogP contribution is 2.34. The van der Waals surface area contributed by atoms with E-state index < -0.39 is 0 Å². The lowest BCUT2D eigenvalue weighted by atomic mass is 9.88. The van der Waals surface area contributed by atoms with Crippen molar-refractivity contribution in [3.05, 3.63) is 35.4 Å². The molecule has 0 spiro atoms. The monoisotopic (exact) mass is 252 g/mol. The minimum atomic E-state index is 0.126. The zero-order valence-electron chi connectivity index (χ0n) is 11.8. The van der Waals surface area contributed by atoms with Crippen molar-refractivity contribution in [3.8, 4) is 0 Å². The molecule has 1 rings (SSSR count). The van der Waals surface area contributed by atoms with Crippen LogP contribution in [0.1, 0.15) is 69.9 Å². The van der Waals surface area contributed by atoms with E-state index in [4.69, 9.17) is 11.6 Å². The standard InChI is InChI=1S/C16H25Cl/c1-6-12(2)13-7-9-14(10-8-13)15(17)11-16(3,4)5/h7-10,12,15H,6,11H2,1-5H3. The van der Waals surface area contributed by atoms with Gasteiger partial charge in [-0.3, -0.25) is 0 Å². The average molecular weight is 253 g/mol. The Morgan fingerprint density at radius 2 is 1.53 bits per heavy atom. The van der Waals surface area contributed by atoms with Gasteiger partial charge in [0.15, 0.2) is 0 Å². The predicted molar refractivity (Wildman–Crippen MR) is 77.8 cm³/mol. The summed E-state index contributed by atoms with van der Waals surface area (Å²) in [6.45, 7) is 11.2. The Bertz CT molecular complexity index is 332. The third-order valence-corrected chi connectivity index (χ3v) is 3.68. The van der Waals surface area contributed by atoms with Crippen LogP contribution >= 0.6 is 11.6 Å². The van der Waals surface area contributed by atoms with Gasteiger partial charge < -0.3 is 0 Å². The molecule has 0 aromatic heterocycles. The van der Waals surface area contributed by atoms with Crippen molar-refractivity contribution < 1.29 is 0 Å². The summed E-state index contributed by atoms with van der Waals surface area (Å²) in [4.78, 5) is 0. The maximum Gasteiger partial charge on any atom is 0.0590 e. The Kier molecular flexibility index (Phi) is 5.06. The number of alkyl halides is 1. The SMILES string of the molecule is CCC(C)c1ccc(C(Cl)CC(C)(C)C)cc1. The normalized spacial score (nSPS) is 15.6. The van der Waals surface area contributed by atoms with Crippen molar-refractivity contribution in [1.82, 2.24) is 0 Å². The van der Waals surface area contributed by atoms with E-state index in [1.54, 1.807) is 0 Å². The first kappa shape index (κ1) is 14.6. The highest BCUT2D eigenvalue weighted by Gasteiger charge is 2.18. The van der Waals surface area contributed by atoms with Crippen molar-refractivity contribution in [2.75, 3.05) is 0 Å². The van der Waals surface area contributed by atoms with Crippen LogP contribution in [0.3, 0.4) is 0 Å². The summed E-state index contributed by atoms with van der Waals surface area (Å²) in [6.07, 6.45) is 2.20. The summed E-state index contributed by atoms with van der Waals surface area (Å²) in [7, 11) is 0. The van der Waals surface area contributed by atoms with Crippen LogP contribution in [0.15, 0.2) is 24.3 Å². The highest BCUT2D eigenvalue weighted by molar-refractivity contribution is 6.20. The van der Waals surface area contributed by atoms with Gasteiger partial charge in [0, 0.05) is 0 Å². The molecule has 2 unspecified atom stereocenters. The molecule has 0 amide bonds. The van der Waals surface area contributed by atoms with Crippen LogP contribution < -0.4 is 0 Å². The second-order valence-electron chi connectivity index (χ2n) is 6.21. The van der Waals surface area contributed by atoms with E-state index in [9.17, 15) is 0 Å². The molecule has 0 N–H and O–H groups in total. The molecule has 0 radical (unpaired) electrons. The second kappa shape index (κ2) is 5.91. The second-order valence-corrected chi connectivity index (χ2v) is 6.74. The molecular formula is C16H25Cl. The fourth-order valence-corrected chi connectivity index (χ4v) is 2.53. The molecule has 0 nitrogen and oxygen atoms in total. The summed E-state index contributed by atoms with van der Waals surface area (Å²) in [5, 5.41) is 0.126. The first-order chi connectivity index (χ1) is 7.83. The van der Waals surface area contributed by atoms with E-state index in [1.165, 1.54) is 17.5 Å². The van der Waals surface area contributed by atoms with Gasteiger partial charge in [-0.1, -0.05) is 58.9 Å². The Hall–Kier alpha value is -0.490. The molecule has 0 fully saturated rings. The summed E-state index contributed by atoms with van der Waals surface area (Å²) < 4.78 is 0. The number of benzene rings is 1. The third kappa shape index (κ3) is 4.71. The molecule has 0 saturated heterocycles. The Labute approximate surface area is 111 Å². The van der Waals surface area contributed by atoms with E-state index in [-0.39, 0.29) is 10.8 Å². The van der Waals surface area contributed by atoms with Gasteiger partial charge in [0.1, 0.15) is 0 Å². The minimum absolute atomic E-state index is 0.126. The molecule has 0 heterocycles. The van der Waals surface area contributed by atoms with Crippen LogP contribution in [0.2, 0.25) is 0 Å². The van der Waals surface area contributed by atoms with Gasteiger partial charge in [0.2, 0.25) is 0 Å². The lowest BCUT2D eigenvalue weighted by Crippen LogP contribution is -2.08. The zero-order chi connectivity index (χ0) is 13.1. The van der Waals surface area contributed by atoms with E-state index in [0.29, 0.717) is 5.92 Å². The minimum Gasteiger partial charge on any atom is -0.118 e. The van der Waals surface area contributed by atoms with Crippen LogP contribution in [0.5, 0.6) is 0 Å². The Balaban J connectivity index is 2.74. The van der Waals surface area contributed by atoms with Crippen LogP contribution in [0.25, 0.3) is 0 Å². The third-order valence-electron chi connectivity index (χ3n) is 3.27. The zero-order valence-corrected chi connectivity index (χ0v) is 12.5. The summed E-state index contributed by atoms with van der Waals surface area (Å²) in [5.74, 6) is 0.639.